The van der Waals surface area contributed by atoms with Gasteiger partial charge < -0.3 is 16.0 Å². The first-order chi connectivity index (χ1) is 21.1. The molecular weight excluding hydrogens is 697 g/mol. The predicted octanol–water partition coefficient (Wildman–Crippen LogP) is 8.90. The smallest absolute Gasteiger partial charge is 0.326 e. The summed E-state index contributed by atoms with van der Waals surface area (Å²) in [4.78, 5) is 37.6. The van der Waals surface area contributed by atoms with Crippen LogP contribution in [0.15, 0.2) is 48.5 Å². The van der Waals surface area contributed by atoms with Crippen molar-refractivity contribution in [2.45, 2.75) is 42.6 Å². The van der Waals surface area contributed by atoms with Gasteiger partial charge in [0.25, 0.3) is 17.7 Å². The number of halogens is 11. The normalized spacial score (nSPS) is 17.4. The van der Waals surface area contributed by atoms with E-state index in [1.165, 1.54) is 19.1 Å². The Balaban J connectivity index is 1.56. The number of benzene rings is 3. The third-order valence-electron chi connectivity index (χ3n) is 7.07. The lowest BCUT2D eigenvalue weighted by Crippen LogP contribution is -2.22. The molecule has 4 rings (SSSR count). The minimum atomic E-state index is -4.99. The standard InChI is InChI=1S/C29H20Cl3F8N3O3/c1-11-19(6-5-18(33)22(11)43-26(46)23(34)35)42-24(44)16-10-15(3-4-17(16)30)41-25(45)21-20(28(21,31)32)12-7-13(27(2,36)37)9-14(8-12)29(38,39)40/h3-10,20-21,23H,1-2H3,(H,41,45)(H,42,44)(H,43,46). The van der Waals surface area contributed by atoms with E-state index in [1.54, 1.807) is 5.32 Å². The monoisotopic (exact) mass is 715 g/mol. The Morgan fingerprint density at radius 2 is 1.52 bits per heavy atom. The van der Waals surface area contributed by atoms with Gasteiger partial charge in [0.2, 0.25) is 5.91 Å². The number of rotatable bonds is 8. The van der Waals surface area contributed by atoms with Gasteiger partial charge in [0.15, 0.2) is 0 Å². The number of amides is 3. The summed E-state index contributed by atoms with van der Waals surface area (Å²) in [6, 6.07) is 7.15. The summed E-state index contributed by atoms with van der Waals surface area (Å²) < 4.78 is 106. The fraction of sp³-hybridized carbons (Fsp3) is 0.276. The summed E-state index contributed by atoms with van der Waals surface area (Å²) in [5.74, 6) is -11.0. The lowest BCUT2D eigenvalue weighted by Gasteiger charge is -2.16. The van der Waals surface area contributed by atoms with E-state index >= 15 is 0 Å². The van der Waals surface area contributed by atoms with Crippen molar-refractivity contribution >= 4 is 69.6 Å². The molecule has 1 fully saturated rings. The summed E-state index contributed by atoms with van der Waals surface area (Å²) in [7, 11) is 0. The van der Waals surface area contributed by atoms with Crippen molar-refractivity contribution in [2.75, 3.05) is 16.0 Å². The molecule has 1 saturated carbocycles. The molecule has 2 unspecified atom stereocenters. The zero-order chi connectivity index (χ0) is 34.5. The van der Waals surface area contributed by atoms with Crippen LogP contribution in [0.2, 0.25) is 5.02 Å². The topological polar surface area (TPSA) is 87.3 Å². The van der Waals surface area contributed by atoms with Crippen LogP contribution < -0.4 is 16.0 Å². The first-order valence-electron chi connectivity index (χ1n) is 12.9. The van der Waals surface area contributed by atoms with Crippen molar-refractivity contribution in [3.8, 4) is 0 Å². The molecule has 6 nitrogen and oxygen atoms in total. The number of nitrogens with one attached hydrogen (secondary N) is 3. The van der Waals surface area contributed by atoms with Gasteiger partial charge in [0, 0.05) is 29.8 Å². The highest BCUT2D eigenvalue weighted by Gasteiger charge is 2.68. The van der Waals surface area contributed by atoms with Crippen LogP contribution in [-0.2, 0) is 21.7 Å². The molecule has 0 aliphatic heterocycles. The third kappa shape index (κ3) is 7.34. The van der Waals surface area contributed by atoms with E-state index in [1.807, 2.05) is 0 Å². The van der Waals surface area contributed by atoms with E-state index in [-0.39, 0.29) is 33.1 Å². The predicted molar refractivity (Wildman–Crippen MR) is 155 cm³/mol. The SMILES string of the molecule is Cc1c(NC(=O)c2cc(NC(=O)C3C(c4cc(C(C)(F)F)cc(C(F)(F)F)c4)C3(Cl)Cl)ccc2Cl)ccc(F)c1NC(=O)C(F)F. The molecule has 0 spiro atoms. The Morgan fingerprint density at radius 3 is 2.11 bits per heavy atom. The van der Waals surface area contributed by atoms with Crippen LogP contribution in [0, 0.1) is 18.7 Å². The second-order valence-corrected chi connectivity index (χ2v) is 12.2. The largest absolute Gasteiger partial charge is 0.416 e. The maximum absolute atomic E-state index is 14.2. The minimum absolute atomic E-state index is 0.0557. The zero-order valence-corrected chi connectivity index (χ0v) is 25.5. The zero-order valence-electron chi connectivity index (χ0n) is 23.2. The number of anilines is 3. The summed E-state index contributed by atoms with van der Waals surface area (Å²) in [5.41, 5.74) is -3.78. The Bertz CT molecular complexity index is 1700. The van der Waals surface area contributed by atoms with Crippen molar-refractivity contribution in [1.29, 1.82) is 0 Å². The van der Waals surface area contributed by atoms with Gasteiger partial charge in [-0.2, -0.15) is 22.0 Å². The molecule has 0 radical (unpaired) electrons. The molecule has 46 heavy (non-hydrogen) atoms. The molecule has 17 heteroatoms. The molecule has 3 aromatic carbocycles. The van der Waals surface area contributed by atoms with E-state index < -0.39 is 75.0 Å². The Hall–Kier alpha value is -3.62. The van der Waals surface area contributed by atoms with Crippen LogP contribution in [0.4, 0.5) is 52.2 Å². The van der Waals surface area contributed by atoms with Gasteiger partial charge in [-0.1, -0.05) is 11.6 Å². The number of hydrogen-bond donors (Lipinski definition) is 3. The molecule has 0 bridgehead atoms. The molecule has 2 atom stereocenters. The van der Waals surface area contributed by atoms with Crippen LogP contribution in [0.5, 0.6) is 0 Å². The summed E-state index contributed by atoms with van der Waals surface area (Å²) >= 11 is 18.6. The molecule has 3 amide bonds. The van der Waals surface area contributed by atoms with Crippen molar-refractivity contribution in [3.05, 3.63) is 87.2 Å². The lowest BCUT2D eigenvalue weighted by atomic mass is 9.98. The molecule has 3 aromatic rings. The van der Waals surface area contributed by atoms with Gasteiger partial charge in [-0.05, 0) is 66.6 Å². The average molecular weight is 717 g/mol. The number of carbonyl (C=O) groups is 3. The van der Waals surface area contributed by atoms with Crippen molar-refractivity contribution < 1.29 is 49.5 Å². The average Bonchev–Trinajstić information content (AvgIpc) is 3.53. The van der Waals surface area contributed by atoms with E-state index in [0.717, 1.165) is 24.3 Å². The van der Waals surface area contributed by atoms with Gasteiger partial charge in [0.1, 0.15) is 10.2 Å². The highest BCUT2D eigenvalue weighted by atomic mass is 35.5. The molecule has 0 saturated heterocycles. The van der Waals surface area contributed by atoms with Crippen LogP contribution in [0.3, 0.4) is 0 Å². The Kier molecular flexibility index (Phi) is 9.60. The second kappa shape index (κ2) is 12.5. The fourth-order valence-corrected chi connectivity index (χ4v) is 5.68. The Labute approximate surface area is 270 Å². The fourth-order valence-electron chi connectivity index (χ4n) is 4.65. The van der Waals surface area contributed by atoms with Crippen molar-refractivity contribution in [1.82, 2.24) is 0 Å². The van der Waals surface area contributed by atoms with Crippen molar-refractivity contribution in [3.63, 3.8) is 0 Å². The first-order valence-corrected chi connectivity index (χ1v) is 14.0. The maximum Gasteiger partial charge on any atom is 0.416 e. The van der Waals surface area contributed by atoms with Crippen molar-refractivity contribution in [2.24, 2.45) is 5.92 Å². The molecule has 1 aliphatic rings. The summed E-state index contributed by atoms with van der Waals surface area (Å²) in [5, 5.41) is 6.40. The minimum Gasteiger partial charge on any atom is -0.326 e. The van der Waals surface area contributed by atoms with Crippen LogP contribution in [-0.4, -0.2) is 28.5 Å². The molecule has 0 heterocycles. The first kappa shape index (κ1) is 35.2. The number of hydrogen-bond acceptors (Lipinski definition) is 3. The van der Waals surface area contributed by atoms with Gasteiger partial charge in [-0.25, -0.2) is 13.2 Å². The van der Waals surface area contributed by atoms with Gasteiger partial charge in [-0.3, -0.25) is 14.4 Å². The summed E-state index contributed by atoms with van der Waals surface area (Å²) in [6.07, 6.45) is -8.43. The molecule has 246 valence electrons. The summed E-state index contributed by atoms with van der Waals surface area (Å²) in [6.45, 7) is 1.65. The van der Waals surface area contributed by atoms with Crippen LogP contribution in [0.1, 0.15) is 45.5 Å². The lowest BCUT2D eigenvalue weighted by molar-refractivity contribution is -0.137. The van der Waals surface area contributed by atoms with Crippen LogP contribution >= 0.6 is 34.8 Å². The number of carbonyl (C=O) groups excluding carboxylic acids is 3. The second-order valence-electron chi connectivity index (χ2n) is 10.4. The molecular formula is C29H20Cl3F8N3O3. The molecule has 0 aromatic heterocycles. The van der Waals surface area contributed by atoms with Crippen LogP contribution in [0.25, 0.3) is 0 Å². The van der Waals surface area contributed by atoms with E-state index in [9.17, 15) is 49.5 Å². The quantitative estimate of drug-likeness (QED) is 0.161. The molecule has 1 aliphatic carbocycles. The third-order valence-corrected chi connectivity index (χ3v) is 8.34. The highest BCUT2D eigenvalue weighted by Crippen LogP contribution is 2.65. The van der Waals surface area contributed by atoms with Gasteiger partial charge in [0.05, 0.1) is 27.8 Å². The molecule has 3 N–H and O–H groups in total. The Morgan fingerprint density at radius 1 is 0.891 bits per heavy atom. The highest BCUT2D eigenvalue weighted by molar-refractivity contribution is 6.53. The van der Waals surface area contributed by atoms with E-state index in [4.69, 9.17) is 34.8 Å². The van der Waals surface area contributed by atoms with Gasteiger partial charge in [-0.15, -0.1) is 23.2 Å². The number of alkyl halides is 9. The van der Waals surface area contributed by atoms with E-state index in [2.05, 4.69) is 10.6 Å². The maximum atomic E-state index is 14.2. The van der Waals surface area contributed by atoms with Gasteiger partial charge >= 0.3 is 12.6 Å². The van der Waals surface area contributed by atoms with E-state index in [0.29, 0.717) is 19.1 Å².